The Labute approximate surface area is 74.2 Å². The second-order valence-electron chi connectivity index (χ2n) is 3.96. The van der Waals surface area contributed by atoms with E-state index >= 15 is 0 Å². The number of ether oxygens (including phenoxy) is 2. The van der Waals surface area contributed by atoms with Crippen molar-refractivity contribution in [3.8, 4) is 0 Å². The molecule has 0 N–H and O–H groups in total. The molecule has 0 amide bonds. The second kappa shape index (κ2) is 3.35. The predicted octanol–water partition coefficient (Wildman–Crippen LogP) is 2.47. The van der Waals surface area contributed by atoms with Crippen LogP contribution in [0, 0.1) is 0 Å². The van der Waals surface area contributed by atoms with E-state index in [1.807, 2.05) is 0 Å². The average Bonchev–Trinajstić information content (AvgIpc) is 2.65. The van der Waals surface area contributed by atoms with Crippen molar-refractivity contribution >= 4 is 0 Å². The van der Waals surface area contributed by atoms with Crippen molar-refractivity contribution in [1.82, 2.24) is 0 Å². The summed E-state index contributed by atoms with van der Waals surface area (Å²) in [4.78, 5) is 0. The molecular formula is C10H18O2. The standard InChI is InChI=1S/C10H18O2/c1-2-5-9-8-11-10(12-9)6-3-4-7-10/h9H,2-8H2,1H3. The lowest BCUT2D eigenvalue weighted by molar-refractivity contribution is -0.162. The molecule has 1 heterocycles. The molecule has 2 rings (SSSR count). The summed E-state index contributed by atoms with van der Waals surface area (Å²) in [5.41, 5.74) is 0. The van der Waals surface area contributed by atoms with E-state index in [-0.39, 0.29) is 5.79 Å². The predicted molar refractivity (Wildman–Crippen MR) is 46.9 cm³/mol. The van der Waals surface area contributed by atoms with Crippen molar-refractivity contribution in [2.45, 2.75) is 57.3 Å². The van der Waals surface area contributed by atoms with Crippen molar-refractivity contribution in [3.63, 3.8) is 0 Å². The van der Waals surface area contributed by atoms with E-state index in [0.717, 1.165) is 25.9 Å². The second-order valence-corrected chi connectivity index (χ2v) is 3.96. The molecule has 0 aromatic carbocycles. The molecule has 2 aliphatic rings. The van der Waals surface area contributed by atoms with Gasteiger partial charge in [-0.3, -0.25) is 0 Å². The first-order chi connectivity index (χ1) is 5.85. The SMILES string of the molecule is CCCC1COC2(CCCC2)O1. The molecule has 1 atom stereocenters. The zero-order valence-electron chi connectivity index (χ0n) is 7.84. The van der Waals surface area contributed by atoms with E-state index in [4.69, 9.17) is 9.47 Å². The van der Waals surface area contributed by atoms with Gasteiger partial charge in [-0.05, 0) is 19.3 Å². The fourth-order valence-electron chi connectivity index (χ4n) is 2.26. The van der Waals surface area contributed by atoms with Gasteiger partial charge < -0.3 is 9.47 Å². The molecule has 1 unspecified atom stereocenters. The van der Waals surface area contributed by atoms with Crippen LogP contribution in [0.2, 0.25) is 0 Å². The Morgan fingerprint density at radius 2 is 2.08 bits per heavy atom. The third kappa shape index (κ3) is 1.50. The maximum absolute atomic E-state index is 5.93. The average molecular weight is 170 g/mol. The van der Waals surface area contributed by atoms with Crippen molar-refractivity contribution in [2.75, 3.05) is 6.61 Å². The van der Waals surface area contributed by atoms with Crippen LogP contribution in [0.25, 0.3) is 0 Å². The van der Waals surface area contributed by atoms with E-state index in [1.54, 1.807) is 0 Å². The molecule has 2 heteroatoms. The maximum atomic E-state index is 5.93. The van der Waals surface area contributed by atoms with Gasteiger partial charge in [-0.25, -0.2) is 0 Å². The minimum absolute atomic E-state index is 0.139. The summed E-state index contributed by atoms with van der Waals surface area (Å²) in [5, 5.41) is 0. The van der Waals surface area contributed by atoms with Crippen molar-refractivity contribution in [1.29, 1.82) is 0 Å². The first-order valence-electron chi connectivity index (χ1n) is 5.16. The molecule has 2 fully saturated rings. The summed E-state index contributed by atoms with van der Waals surface area (Å²) in [5.74, 6) is -0.139. The normalized spacial score (nSPS) is 33.2. The highest BCUT2D eigenvalue weighted by Crippen LogP contribution is 2.39. The number of hydrogen-bond donors (Lipinski definition) is 0. The van der Waals surface area contributed by atoms with Gasteiger partial charge in [-0.1, -0.05) is 13.3 Å². The Morgan fingerprint density at radius 1 is 1.33 bits per heavy atom. The molecule has 1 aliphatic heterocycles. The van der Waals surface area contributed by atoms with Crippen molar-refractivity contribution in [3.05, 3.63) is 0 Å². The summed E-state index contributed by atoms with van der Waals surface area (Å²) < 4.78 is 11.7. The molecule has 0 aromatic heterocycles. The molecule has 2 nitrogen and oxygen atoms in total. The lowest BCUT2D eigenvalue weighted by Crippen LogP contribution is -2.26. The van der Waals surface area contributed by atoms with Gasteiger partial charge in [0.15, 0.2) is 5.79 Å². The van der Waals surface area contributed by atoms with Crippen LogP contribution in [0.15, 0.2) is 0 Å². The fraction of sp³-hybridized carbons (Fsp3) is 1.00. The van der Waals surface area contributed by atoms with Crippen molar-refractivity contribution in [2.24, 2.45) is 0 Å². The van der Waals surface area contributed by atoms with E-state index < -0.39 is 0 Å². The monoisotopic (exact) mass is 170 g/mol. The molecule has 12 heavy (non-hydrogen) atoms. The van der Waals surface area contributed by atoms with Crippen LogP contribution in [0.1, 0.15) is 45.4 Å². The lowest BCUT2D eigenvalue weighted by Gasteiger charge is -2.21. The topological polar surface area (TPSA) is 18.5 Å². The highest BCUT2D eigenvalue weighted by molar-refractivity contribution is 4.83. The molecule has 1 saturated heterocycles. The summed E-state index contributed by atoms with van der Waals surface area (Å²) in [6.45, 7) is 3.02. The first kappa shape index (κ1) is 8.52. The van der Waals surface area contributed by atoms with Gasteiger partial charge in [0.25, 0.3) is 0 Å². The van der Waals surface area contributed by atoms with Crippen LogP contribution in [0.3, 0.4) is 0 Å². The Kier molecular flexibility index (Phi) is 2.37. The van der Waals surface area contributed by atoms with Crippen molar-refractivity contribution < 1.29 is 9.47 Å². The Balaban J connectivity index is 1.88. The van der Waals surface area contributed by atoms with Gasteiger partial charge >= 0.3 is 0 Å². The van der Waals surface area contributed by atoms with Crippen LogP contribution in [-0.2, 0) is 9.47 Å². The largest absolute Gasteiger partial charge is 0.347 e. The van der Waals surface area contributed by atoms with E-state index in [1.165, 1.54) is 19.3 Å². The highest BCUT2D eigenvalue weighted by atomic mass is 16.7. The summed E-state index contributed by atoms with van der Waals surface area (Å²) >= 11 is 0. The lowest BCUT2D eigenvalue weighted by atomic mass is 10.2. The van der Waals surface area contributed by atoms with Gasteiger partial charge in [0, 0.05) is 12.8 Å². The zero-order valence-corrected chi connectivity index (χ0v) is 7.84. The quantitative estimate of drug-likeness (QED) is 0.634. The summed E-state index contributed by atoms with van der Waals surface area (Å²) in [6.07, 6.45) is 7.53. The van der Waals surface area contributed by atoms with Crippen LogP contribution in [0.4, 0.5) is 0 Å². The van der Waals surface area contributed by atoms with Gasteiger partial charge in [-0.15, -0.1) is 0 Å². The molecule has 1 aliphatic carbocycles. The Hall–Kier alpha value is -0.0800. The van der Waals surface area contributed by atoms with E-state index in [0.29, 0.717) is 6.10 Å². The molecule has 0 radical (unpaired) electrons. The van der Waals surface area contributed by atoms with Gasteiger partial charge in [0.1, 0.15) is 0 Å². The third-order valence-electron chi connectivity index (χ3n) is 2.89. The Bertz CT molecular complexity index is 150. The van der Waals surface area contributed by atoms with Gasteiger partial charge in [-0.2, -0.15) is 0 Å². The third-order valence-corrected chi connectivity index (χ3v) is 2.89. The minimum Gasteiger partial charge on any atom is -0.347 e. The Morgan fingerprint density at radius 3 is 2.75 bits per heavy atom. The minimum atomic E-state index is -0.139. The van der Waals surface area contributed by atoms with Gasteiger partial charge in [0.05, 0.1) is 12.7 Å². The summed E-state index contributed by atoms with van der Waals surface area (Å²) in [7, 11) is 0. The maximum Gasteiger partial charge on any atom is 0.168 e. The molecule has 0 aromatic rings. The van der Waals surface area contributed by atoms with Crippen LogP contribution in [0.5, 0.6) is 0 Å². The first-order valence-corrected chi connectivity index (χ1v) is 5.16. The molecule has 1 saturated carbocycles. The molecule has 0 bridgehead atoms. The van der Waals surface area contributed by atoms with E-state index in [2.05, 4.69) is 6.92 Å². The van der Waals surface area contributed by atoms with Crippen LogP contribution < -0.4 is 0 Å². The smallest absolute Gasteiger partial charge is 0.168 e. The summed E-state index contributed by atoms with van der Waals surface area (Å²) in [6, 6.07) is 0. The van der Waals surface area contributed by atoms with Crippen LogP contribution in [-0.4, -0.2) is 18.5 Å². The van der Waals surface area contributed by atoms with Gasteiger partial charge in [0.2, 0.25) is 0 Å². The fourth-order valence-corrected chi connectivity index (χ4v) is 2.26. The van der Waals surface area contributed by atoms with E-state index in [9.17, 15) is 0 Å². The molecule has 1 spiro atoms. The number of rotatable bonds is 2. The zero-order chi connectivity index (χ0) is 8.44. The molecule has 70 valence electrons. The number of hydrogen-bond acceptors (Lipinski definition) is 2. The highest BCUT2D eigenvalue weighted by Gasteiger charge is 2.43. The van der Waals surface area contributed by atoms with Crippen LogP contribution >= 0.6 is 0 Å². The molecular weight excluding hydrogens is 152 g/mol.